The molecule has 4 nitrogen and oxygen atoms in total. The van der Waals surface area contributed by atoms with E-state index >= 15 is 0 Å². The molecule has 0 saturated carbocycles. The van der Waals surface area contributed by atoms with Crippen LogP contribution in [0.4, 0.5) is 18.0 Å². The fourth-order valence-electron chi connectivity index (χ4n) is 2.11. The molecule has 1 aromatic rings. The number of aliphatic hydroxyl groups is 1. The van der Waals surface area contributed by atoms with Crippen LogP contribution in [0.5, 0.6) is 0 Å². The van der Waals surface area contributed by atoms with Crippen LogP contribution in [0.1, 0.15) is 23.6 Å². The summed E-state index contributed by atoms with van der Waals surface area (Å²) in [5, 5.41) is 8.79. The summed E-state index contributed by atoms with van der Waals surface area (Å²) in [6, 6.07) is 4.27. The van der Waals surface area contributed by atoms with Crippen molar-refractivity contribution in [3.05, 3.63) is 35.4 Å². The Morgan fingerprint density at radius 1 is 1.30 bits per heavy atom. The molecule has 0 radical (unpaired) electrons. The number of alkyl halides is 3. The van der Waals surface area contributed by atoms with Crippen LogP contribution in [-0.4, -0.2) is 35.9 Å². The van der Waals surface area contributed by atoms with Gasteiger partial charge in [-0.1, -0.05) is 12.1 Å². The van der Waals surface area contributed by atoms with E-state index in [0.717, 1.165) is 12.1 Å². The Labute approximate surface area is 113 Å². The summed E-state index contributed by atoms with van der Waals surface area (Å²) in [5.74, 6) is 0. The molecule has 1 atom stereocenters. The van der Waals surface area contributed by atoms with E-state index in [1.807, 2.05) is 0 Å². The number of hydrogen-bond donors (Lipinski definition) is 1. The van der Waals surface area contributed by atoms with Crippen LogP contribution in [0, 0.1) is 0 Å². The molecule has 1 aliphatic rings. The fourth-order valence-corrected chi connectivity index (χ4v) is 2.11. The number of hydrogen-bond acceptors (Lipinski definition) is 3. The van der Waals surface area contributed by atoms with Crippen molar-refractivity contribution in [3.8, 4) is 0 Å². The zero-order valence-electron chi connectivity index (χ0n) is 10.6. The van der Waals surface area contributed by atoms with E-state index in [2.05, 4.69) is 0 Å². The standard InChI is InChI=1S/C13H14F3NO3/c14-13(15,16)10-4-2-9(3-5-10)11-8-20-12(19)17(11)6-1-7-18/h2-5,11,18H,1,6-8H2. The van der Waals surface area contributed by atoms with Crippen LogP contribution >= 0.6 is 0 Å². The maximum atomic E-state index is 12.5. The van der Waals surface area contributed by atoms with Crippen molar-refractivity contribution in [2.75, 3.05) is 19.8 Å². The molecule has 1 N–H and O–H groups in total. The van der Waals surface area contributed by atoms with Crippen molar-refractivity contribution in [2.45, 2.75) is 18.6 Å². The Morgan fingerprint density at radius 2 is 1.95 bits per heavy atom. The summed E-state index contributed by atoms with van der Waals surface area (Å²) in [6.45, 7) is 0.347. The van der Waals surface area contributed by atoms with E-state index in [1.165, 1.54) is 17.0 Å². The third-order valence-corrected chi connectivity index (χ3v) is 3.16. The number of aliphatic hydroxyl groups excluding tert-OH is 1. The number of benzene rings is 1. The Kier molecular flexibility index (Phi) is 4.17. The second kappa shape index (κ2) is 5.70. The lowest BCUT2D eigenvalue weighted by Crippen LogP contribution is -2.29. The molecule has 1 aliphatic heterocycles. The Balaban J connectivity index is 2.16. The first-order valence-electron chi connectivity index (χ1n) is 6.15. The van der Waals surface area contributed by atoms with Crippen molar-refractivity contribution in [1.82, 2.24) is 4.90 Å². The predicted molar refractivity (Wildman–Crippen MR) is 63.9 cm³/mol. The van der Waals surface area contributed by atoms with Gasteiger partial charge in [-0.2, -0.15) is 13.2 Å². The van der Waals surface area contributed by atoms with Gasteiger partial charge in [0.2, 0.25) is 0 Å². The Bertz CT molecular complexity index is 473. The smallest absolute Gasteiger partial charge is 0.416 e. The highest BCUT2D eigenvalue weighted by Crippen LogP contribution is 2.32. The molecule has 0 bridgehead atoms. The van der Waals surface area contributed by atoms with Gasteiger partial charge in [-0.15, -0.1) is 0 Å². The summed E-state index contributed by atoms with van der Waals surface area (Å²) in [6.07, 6.45) is -4.49. The van der Waals surface area contributed by atoms with E-state index in [4.69, 9.17) is 9.84 Å². The number of carbonyl (C=O) groups excluding carboxylic acids is 1. The number of carbonyl (C=O) groups is 1. The van der Waals surface area contributed by atoms with Crippen LogP contribution < -0.4 is 0 Å². The average Bonchev–Trinajstić information content (AvgIpc) is 2.77. The van der Waals surface area contributed by atoms with Crippen molar-refractivity contribution in [3.63, 3.8) is 0 Å². The SMILES string of the molecule is O=C1OCC(c2ccc(C(F)(F)F)cc2)N1CCCO. The Morgan fingerprint density at radius 3 is 2.50 bits per heavy atom. The van der Waals surface area contributed by atoms with Crippen LogP contribution in [0.3, 0.4) is 0 Å². The van der Waals surface area contributed by atoms with Gasteiger partial charge in [0, 0.05) is 13.2 Å². The minimum absolute atomic E-state index is 0.0660. The highest BCUT2D eigenvalue weighted by Gasteiger charge is 2.35. The molecule has 1 aromatic carbocycles. The van der Waals surface area contributed by atoms with Crippen molar-refractivity contribution in [2.24, 2.45) is 0 Å². The lowest BCUT2D eigenvalue weighted by atomic mass is 10.0. The van der Waals surface area contributed by atoms with Gasteiger partial charge in [-0.25, -0.2) is 4.79 Å². The first kappa shape index (κ1) is 14.6. The number of rotatable bonds is 4. The second-order valence-corrected chi connectivity index (χ2v) is 4.48. The van der Waals surface area contributed by atoms with Crippen molar-refractivity contribution < 1.29 is 27.8 Å². The highest BCUT2D eigenvalue weighted by atomic mass is 19.4. The number of halogens is 3. The summed E-state index contributed by atoms with van der Waals surface area (Å²) >= 11 is 0. The molecule has 1 unspecified atom stereocenters. The maximum absolute atomic E-state index is 12.5. The van der Waals surface area contributed by atoms with E-state index in [1.54, 1.807) is 0 Å². The summed E-state index contributed by atoms with van der Waals surface area (Å²) in [7, 11) is 0. The van der Waals surface area contributed by atoms with Gasteiger partial charge in [0.25, 0.3) is 0 Å². The van der Waals surface area contributed by atoms with Gasteiger partial charge in [0.15, 0.2) is 0 Å². The molecular formula is C13H14F3NO3. The summed E-state index contributed by atoms with van der Waals surface area (Å²) in [4.78, 5) is 12.9. The second-order valence-electron chi connectivity index (χ2n) is 4.48. The number of ether oxygens (including phenoxy) is 1. The monoisotopic (exact) mass is 289 g/mol. The van der Waals surface area contributed by atoms with Crippen LogP contribution in [0.25, 0.3) is 0 Å². The van der Waals surface area contributed by atoms with Gasteiger partial charge in [0.05, 0.1) is 11.6 Å². The van der Waals surface area contributed by atoms with E-state index in [0.29, 0.717) is 18.5 Å². The third kappa shape index (κ3) is 3.04. The quantitative estimate of drug-likeness (QED) is 0.927. The zero-order chi connectivity index (χ0) is 14.8. The molecule has 0 aromatic heterocycles. The van der Waals surface area contributed by atoms with Crippen molar-refractivity contribution in [1.29, 1.82) is 0 Å². The lowest BCUT2D eigenvalue weighted by molar-refractivity contribution is -0.137. The van der Waals surface area contributed by atoms with Gasteiger partial charge < -0.3 is 9.84 Å². The van der Waals surface area contributed by atoms with Gasteiger partial charge in [-0.05, 0) is 24.1 Å². The maximum Gasteiger partial charge on any atom is 0.416 e. The minimum Gasteiger partial charge on any atom is -0.447 e. The molecule has 1 amide bonds. The third-order valence-electron chi connectivity index (χ3n) is 3.16. The number of amides is 1. The van der Waals surface area contributed by atoms with Crippen molar-refractivity contribution >= 4 is 6.09 Å². The molecule has 0 aliphatic carbocycles. The largest absolute Gasteiger partial charge is 0.447 e. The Hall–Kier alpha value is -1.76. The first-order valence-corrected chi connectivity index (χ1v) is 6.15. The molecule has 1 fully saturated rings. The highest BCUT2D eigenvalue weighted by molar-refractivity contribution is 5.70. The zero-order valence-corrected chi connectivity index (χ0v) is 10.6. The molecular weight excluding hydrogens is 275 g/mol. The molecule has 7 heteroatoms. The van der Waals surface area contributed by atoms with E-state index in [9.17, 15) is 18.0 Å². The lowest BCUT2D eigenvalue weighted by Gasteiger charge is -2.21. The normalized spacial score (nSPS) is 19.3. The average molecular weight is 289 g/mol. The summed E-state index contributed by atoms with van der Waals surface area (Å²) in [5.41, 5.74) is -0.143. The fraction of sp³-hybridized carbons (Fsp3) is 0.462. The minimum atomic E-state index is -4.38. The molecule has 20 heavy (non-hydrogen) atoms. The molecule has 2 rings (SSSR count). The first-order chi connectivity index (χ1) is 9.43. The van der Waals surface area contributed by atoms with Gasteiger partial charge >= 0.3 is 12.3 Å². The van der Waals surface area contributed by atoms with Crippen LogP contribution in [0.2, 0.25) is 0 Å². The number of nitrogens with zero attached hydrogens (tertiary/aromatic N) is 1. The van der Waals surface area contributed by atoms with E-state index in [-0.39, 0.29) is 13.2 Å². The molecule has 110 valence electrons. The van der Waals surface area contributed by atoms with E-state index < -0.39 is 23.9 Å². The van der Waals surface area contributed by atoms with Crippen LogP contribution in [0.15, 0.2) is 24.3 Å². The number of cyclic esters (lactones) is 1. The van der Waals surface area contributed by atoms with Gasteiger partial charge in [-0.3, -0.25) is 4.90 Å². The molecule has 1 heterocycles. The topological polar surface area (TPSA) is 49.8 Å². The van der Waals surface area contributed by atoms with Crippen LogP contribution in [-0.2, 0) is 10.9 Å². The van der Waals surface area contributed by atoms with Gasteiger partial charge in [0.1, 0.15) is 6.61 Å². The molecule has 0 spiro atoms. The summed E-state index contributed by atoms with van der Waals surface area (Å²) < 4.78 is 42.4. The predicted octanol–water partition coefficient (Wildman–Crippen LogP) is 2.58. The molecule has 1 saturated heterocycles.